The van der Waals surface area contributed by atoms with Gasteiger partial charge in [0.05, 0.1) is 15.4 Å². The van der Waals surface area contributed by atoms with Gasteiger partial charge >= 0.3 is 11.4 Å². The highest BCUT2D eigenvalue weighted by Crippen LogP contribution is 2.28. The third-order valence-electron chi connectivity index (χ3n) is 1.55. The van der Waals surface area contributed by atoms with Crippen LogP contribution in [0.1, 0.15) is 10.4 Å². The molecule has 0 fully saturated rings. The molecule has 0 saturated heterocycles. The topological polar surface area (TPSA) is 103 Å². The van der Waals surface area contributed by atoms with Gasteiger partial charge in [0.15, 0.2) is 6.29 Å². The molecule has 0 aromatic heterocycles. The maximum Gasteiger partial charge on any atom is 0.356 e. The molecule has 0 saturated carbocycles. The second-order valence-electron chi connectivity index (χ2n) is 2.35. The summed E-state index contributed by atoms with van der Waals surface area (Å²) in [6.07, 6.45) is 0.213. The molecule has 0 aliphatic rings. The zero-order chi connectivity index (χ0) is 10.7. The van der Waals surface area contributed by atoms with Crippen molar-refractivity contribution in [2.45, 2.75) is 0 Å². The van der Waals surface area contributed by atoms with Crippen molar-refractivity contribution in [2.24, 2.45) is 0 Å². The quantitative estimate of drug-likeness (QED) is 0.411. The van der Waals surface area contributed by atoms with Gasteiger partial charge in [0.1, 0.15) is 0 Å². The maximum absolute atomic E-state index is 10.4. The lowest BCUT2D eigenvalue weighted by Crippen LogP contribution is -1.99. The molecule has 1 aromatic carbocycles. The van der Waals surface area contributed by atoms with Crippen LogP contribution in [0.25, 0.3) is 0 Å². The van der Waals surface area contributed by atoms with Gasteiger partial charge in [-0.3, -0.25) is 25.0 Å². The first-order chi connectivity index (χ1) is 6.57. The van der Waals surface area contributed by atoms with E-state index in [2.05, 4.69) is 0 Å². The SMILES string of the molecule is O=Cc1cccc([N+](=O)[O-])c1[N+](=O)[O-]. The summed E-state index contributed by atoms with van der Waals surface area (Å²) >= 11 is 0. The Balaban J connectivity index is 3.51. The van der Waals surface area contributed by atoms with E-state index in [9.17, 15) is 25.0 Å². The van der Waals surface area contributed by atoms with Crippen LogP contribution in [0.5, 0.6) is 0 Å². The Morgan fingerprint density at radius 3 is 2.21 bits per heavy atom. The summed E-state index contributed by atoms with van der Waals surface area (Å²) in [6, 6.07) is 3.35. The molecule has 7 nitrogen and oxygen atoms in total. The van der Waals surface area contributed by atoms with Gasteiger partial charge in [-0.05, 0) is 6.07 Å². The third-order valence-corrected chi connectivity index (χ3v) is 1.55. The summed E-state index contributed by atoms with van der Waals surface area (Å²) in [5.41, 5.74) is -1.75. The van der Waals surface area contributed by atoms with Gasteiger partial charge in [0.25, 0.3) is 0 Å². The number of carbonyl (C=O) groups is 1. The molecule has 0 bridgehead atoms. The summed E-state index contributed by atoms with van der Waals surface area (Å²) in [7, 11) is 0. The summed E-state index contributed by atoms with van der Waals surface area (Å²) in [6.45, 7) is 0. The van der Waals surface area contributed by atoms with Crippen LogP contribution < -0.4 is 0 Å². The first-order valence-electron chi connectivity index (χ1n) is 3.45. The van der Waals surface area contributed by atoms with E-state index < -0.39 is 21.2 Å². The van der Waals surface area contributed by atoms with E-state index in [0.29, 0.717) is 0 Å². The van der Waals surface area contributed by atoms with Crippen molar-refractivity contribution in [2.75, 3.05) is 0 Å². The molecule has 0 N–H and O–H groups in total. The number of hydrogen-bond donors (Lipinski definition) is 0. The standard InChI is InChI=1S/C7H4N2O5/c10-4-5-2-1-3-6(8(11)12)7(5)9(13)14/h1-4H. The van der Waals surface area contributed by atoms with Crippen LogP contribution in [-0.4, -0.2) is 16.1 Å². The van der Waals surface area contributed by atoms with Crippen molar-refractivity contribution in [1.29, 1.82) is 0 Å². The fourth-order valence-electron chi connectivity index (χ4n) is 0.990. The number of benzene rings is 1. The van der Waals surface area contributed by atoms with Crippen molar-refractivity contribution in [3.05, 3.63) is 44.0 Å². The van der Waals surface area contributed by atoms with Crippen molar-refractivity contribution in [3.8, 4) is 0 Å². The van der Waals surface area contributed by atoms with Crippen LogP contribution in [0, 0.1) is 20.2 Å². The van der Waals surface area contributed by atoms with Crippen LogP contribution in [-0.2, 0) is 0 Å². The Hall–Kier alpha value is -2.31. The lowest BCUT2D eigenvalue weighted by molar-refractivity contribution is -0.422. The summed E-state index contributed by atoms with van der Waals surface area (Å²) in [5, 5.41) is 20.8. The lowest BCUT2D eigenvalue weighted by atomic mass is 10.2. The minimum Gasteiger partial charge on any atom is -0.298 e. The second kappa shape index (κ2) is 3.60. The van der Waals surface area contributed by atoms with Gasteiger partial charge in [-0.1, -0.05) is 6.07 Å². The van der Waals surface area contributed by atoms with E-state index in [-0.39, 0.29) is 11.8 Å². The fourth-order valence-corrected chi connectivity index (χ4v) is 0.990. The van der Waals surface area contributed by atoms with Crippen LogP contribution in [0.15, 0.2) is 18.2 Å². The number of para-hydroxylation sites is 1. The van der Waals surface area contributed by atoms with E-state index >= 15 is 0 Å². The van der Waals surface area contributed by atoms with Crippen molar-refractivity contribution < 1.29 is 14.6 Å². The number of nitro benzene ring substituents is 2. The summed E-state index contributed by atoms with van der Waals surface area (Å²) < 4.78 is 0. The lowest BCUT2D eigenvalue weighted by Gasteiger charge is -1.95. The molecule has 0 amide bonds. The van der Waals surface area contributed by atoms with Crippen molar-refractivity contribution >= 4 is 17.7 Å². The van der Waals surface area contributed by atoms with Gasteiger partial charge in [-0.15, -0.1) is 0 Å². The van der Waals surface area contributed by atoms with Crippen molar-refractivity contribution in [1.82, 2.24) is 0 Å². The highest BCUT2D eigenvalue weighted by Gasteiger charge is 2.27. The van der Waals surface area contributed by atoms with E-state index in [1.807, 2.05) is 0 Å². The number of rotatable bonds is 3. The molecule has 0 aliphatic carbocycles. The van der Waals surface area contributed by atoms with Gasteiger partial charge < -0.3 is 0 Å². The molecule has 0 radical (unpaired) electrons. The smallest absolute Gasteiger partial charge is 0.298 e. The first-order valence-corrected chi connectivity index (χ1v) is 3.45. The Morgan fingerprint density at radius 2 is 1.79 bits per heavy atom. The van der Waals surface area contributed by atoms with E-state index in [0.717, 1.165) is 12.1 Å². The minimum atomic E-state index is -0.943. The molecular weight excluding hydrogens is 192 g/mol. The number of hydrogen-bond acceptors (Lipinski definition) is 5. The molecule has 0 aliphatic heterocycles. The van der Waals surface area contributed by atoms with E-state index in [1.165, 1.54) is 6.07 Å². The maximum atomic E-state index is 10.4. The molecule has 0 spiro atoms. The van der Waals surface area contributed by atoms with E-state index in [4.69, 9.17) is 0 Å². The number of aldehydes is 1. The summed E-state index contributed by atoms with van der Waals surface area (Å²) in [5.74, 6) is 0. The zero-order valence-electron chi connectivity index (χ0n) is 6.75. The Kier molecular flexibility index (Phi) is 2.52. The minimum absolute atomic E-state index is 0.213. The molecule has 0 atom stereocenters. The molecule has 0 heterocycles. The second-order valence-corrected chi connectivity index (χ2v) is 2.35. The molecule has 1 aromatic rings. The highest BCUT2D eigenvalue weighted by atomic mass is 16.6. The van der Waals surface area contributed by atoms with Crippen LogP contribution in [0.2, 0.25) is 0 Å². The third kappa shape index (κ3) is 1.56. The van der Waals surface area contributed by atoms with Crippen molar-refractivity contribution in [3.63, 3.8) is 0 Å². The number of nitrogens with zero attached hydrogens (tertiary/aromatic N) is 2. The first kappa shape index (κ1) is 9.78. The Labute approximate surface area is 77.3 Å². The number of carbonyl (C=O) groups excluding carboxylic acids is 1. The average molecular weight is 196 g/mol. The highest BCUT2D eigenvalue weighted by molar-refractivity contribution is 5.84. The fraction of sp³-hybridized carbons (Fsp3) is 0. The van der Waals surface area contributed by atoms with Gasteiger partial charge in [-0.2, -0.15) is 0 Å². The average Bonchev–Trinajstić information content (AvgIpc) is 2.16. The molecule has 7 heteroatoms. The van der Waals surface area contributed by atoms with E-state index in [1.54, 1.807) is 0 Å². The molecular formula is C7H4N2O5. The number of nitro groups is 2. The molecule has 14 heavy (non-hydrogen) atoms. The monoisotopic (exact) mass is 196 g/mol. The predicted octanol–water partition coefficient (Wildman–Crippen LogP) is 1.32. The molecule has 0 unspecified atom stereocenters. The molecule has 1 rings (SSSR count). The van der Waals surface area contributed by atoms with Gasteiger partial charge in [0.2, 0.25) is 0 Å². The van der Waals surface area contributed by atoms with Crippen LogP contribution in [0.3, 0.4) is 0 Å². The Morgan fingerprint density at radius 1 is 1.14 bits per heavy atom. The normalized spacial score (nSPS) is 9.43. The molecule has 72 valence electrons. The summed E-state index contributed by atoms with van der Waals surface area (Å²) in [4.78, 5) is 29.4. The van der Waals surface area contributed by atoms with Gasteiger partial charge in [0, 0.05) is 6.07 Å². The Bertz CT molecular complexity index is 415. The van der Waals surface area contributed by atoms with Crippen LogP contribution >= 0.6 is 0 Å². The van der Waals surface area contributed by atoms with Crippen LogP contribution in [0.4, 0.5) is 11.4 Å². The van der Waals surface area contributed by atoms with Gasteiger partial charge in [-0.25, -0.2) is 0 Å². The predicted molar refractivity (Wildman–Crippen MR) is 45.1 cm³/mol. The largest absolute Gasteiger partial charge is 0.356 e. The zero-order valence-corrected chi connectivity index (χ0v) is 6.75.